The molecule has 0 radical (unpaired) electrons. The minimum atomic E-state index is -3.65. The molecule has 3 N–H and O–H groups in total. The van der Waals surface area contributed by atoms with Crippen molar-refractivity contribution in [2.75, 3.05) is 13.2 Å². The Balaban J connectivity index is 3.10. The average molecular weight is 365 g/mol. The monoisotopic (exact) mass is 364 g/mol. The lowest BCUT2D eigenvalue weighted by Crippen LogP contribution is -2.40. The van der Waals surface area contributed by atoms with E-state index in [1.807, 2.05) is 13.8 Å². The predicted octanol–water partition coefficient (Wildman–Crippen LogP) is 2.25. The molecule has 0 aliphatic heterocycles. The standard InChI is InChI=1S/C13H21BrN2O3S/c1-3-5-11(9-15)16-20(17,18)13-8-10(14)6-7-12(13)19-4-2/h6-8,11,16H,3-5,9,15H2,1-2H3. The highest BCUT2D eigenvalue weighted by atomic mass is 79.9. The first kappa shape index (κ1) is 17.4. The van der Waals surface area contributed by atoms with Crippen LogP contribution in [0, 0.1) is 0 Å². The van der Waals surface area contributed by atoms with Crippen LogP contribution in [0.1, 0.15) is 26.7 Å². The van der Waals surface area contributed by atoms with Crippen LogP contribution < -0.4 is 15.2 Å². The van der Waals surface area contributed by atoms with Crippen molar-refractivity contribution in [2.24, 2.45) is 5.73 Å². The first-order chi connectivity index (χ1) is 9.44. The van der Waals surface area contributed by atoms with Gasteiger partial charge in [-0.05, 0) is 31.5 Å². The highest BCUT2D eigenvalue weighted by molar-refractivity contribution is 9.10. The summed E-state index contributed by atoms with van der Waals surface area (Å²) in [7, 11) is -3.65. The molecule has 0 aliphatic rings. The highest BCUT2D eigenvalue weighted by Gasteiger charge is 2.23. The molecule has 114 valence electrons. The molecule has 0 bridgehead atoms. The van der Waals surface area contributed by atoms with Crippen LogP contribution in [0.15, 0.2) is 27.6 Å². The van der Waals surface area contributed by atoms with E-state index >= 15 is 0 Å². The molecule has 1 rings (SSSR count). The van der Waals surface area contributed by atoms with Gasteiger partial charge in [0.1, 0.15) is 10.6 Å². The fourth-order valence-electron chi connectivity index (χ4n) is 1.82. The number of nitrogens with one attached hydrogen (secondary N) is 1. The van der Waals surface area contributed by atoms with Gasteiger partial charge in [0.25, 0.3) is 0 Å². The maximum Gasteiger partial charge on any atom is 0.244 e. The van der Waals surface area contributed by atoms with Crippen molar-refractivity contribution in [1.82, 2.24) is 4.72 Å². The number of ether oxygens (including phenoxy) is 1. The molecular formula is C13H21BrN2O3S. The summed E-state index contributed by atoms with van der Waals surface area (Å²) >= 11 is 3.28. The highest BCUT2D eigenvalue weighted by Crippen LogP contribution is 2.27. The largest absolute Gasteiger partial charge is 0.492 e. The van der Waals surface area contributed by atoms with Gasteiger partial charge >= 0.3 is 0 Å². The zero-order valence-corrected chi connectivity index (χ0v) is 14.1. The fourth-order valence-corrected chi connectivity index (χ4v) is 3.79. The second-order valence-electron chi connectivity index (χ2n) is 4.37. The minimum Gasteiger partial charge on any atom is -0.492 e. The van der Waals surface area contributed by atoms with Crippen LogP contribution in [-0.2, 0) is 10.0 Å². The molecule has 20 heavy (non-hydrogen) atoms. The molecule has 1 atom stereocenters. The summed E-state index contributed by atoms with van der Waals surface area (Å²) in [5.74, 6) is 0.343. The van der Waals surface area contributed by atoms with Gasteiger partial charge in [0.05, 0.1) is 6.61 Å². The van der Waals surface area contributed by atoms with Crippen LogP contribution in [-0.4, -0.2) is 27.6 Å². The molecule has 5 nitrogen and oxygen atoms in total. The molecule has 1 aromatic carbocycles. The van der Waals surface area contributed by atoms with E-state index in [1.54, 1.807) is 12.1 Å². The minimum absolute atomic E-state index is 0.128. The van der Waals surface area contributed by atoms with Crippen LogP contribution in [0.3, 0.4) is 0 Å². The Morgan fingerprint density at radius 2 is 2.10 bits per heavy atom. The van der Waals surface area contributed by atoms with Crippen molar-refractivity contribution < 1.29 is 13.2 Å². The smallest absolute Gasteiger partial charge is 0.244 e. The lowest BCUT2D eigenvalue weighted by atomic mass is 10.2. The topological polar surface area (TPSA) is 81.4 Å². The average Bonchev–Trinajstić information content (AvgIpc) is 2.40. The van der Waals surface area contributed by atoms with Crippen molar-refractivity contribution in [3.63, 3.8) is 0 Å². The number of nitrogens with two attached hydrogens (primary N) is 1. The lowest BCUT2D eigenvalue weighted by molar-refractivity contribution is 0.330. The molecule has 0 saturated heterocycles. The van der Waals surface area contributed by atoms with E-state index in [1.165, 1.54) is 6.07 Å². The number of sulfonamides is 1. The van der Waals surface area contributed by atoms with Gasteiger partial charge in [-0.15, -0.1) is 0 Å². The van der Waals surface area contributed by atoms with E-state index < -0.39 is 10.0 Å². The molecule has 0 spiro atoms. The Morgan fingerprint density at radius 3 is 2.65 bits per heavy atom. The van der Waals surface area contributed by atoms with Gasteiger partial charge < -0.3 is 10.5 Å². The number of rotatable bonds is 8. The fraction of sp³-hybridized carbons (Fsp3) is 0.538. The van der Waals surface area contributed by atoms with Crippen molar-refractivity contribution in [2.45, 2.75) is 37.6 Å². The molecule has 0 aromatic heterocycles. The Kier molecular flexibility index (Phi) is 6.94. The van der Waals surface area contributed by atoms with Gasteiger partial charge in [-0.3, -0.25) is 0 Å². The van der Waals surface area contributed by atoms with Gasteiger partial charge in [0.2, 0.25) is 10.0 Å². The van der Waals surface area contributed by atoms with E-state index in [2.05, 4.69) is 20.7 Å². The first-order valence-corrected chi connectivity index (χ1v) is 8.87. The van der Waals surface area contributed by atoms with Gasteiger partial charge in [-0.1, -0.05) is 29.3 Å². The normalized spacial score (nSPS) is 13.2. The van der Waals surface area contributed by atoms with E-state index in [9.17, 15) is 8.42 Å². The van der Waals surface area contributed by atoms with E-state index in [0.717, 1.165) is 6.42 Å². The molecule has 0 saturated carbocycles. The first-order valence-electron chi connectivity index (χ1n) is 6.59. The summed E-state index contributed by atoms with van der Waals surface area (Å²) in [6.07, 6.45) is 1.56. The molecule has 7 heteroatoms. The maximum absolute atomic E-state index is 12.5. The molecule has 1 aromatic rings. The zero-order valence-electron chi connectivity index (χ0n) is 11.7. The third kappa shape index (κ3) is 4.73. The third-order valence-electron chi connectivity index (χ3n) is 2.74. The Morgan fingerprint density at radius 1 is 1.40 bits per heavy atom. The molecule has 0 fully saturated rings. The molecule has 0 amide bonds. The molecular weight excluding hydrogens is 344 g/mol. The van der Waals surface area contributed by atoms with Crippen molar-refractivity contribution in [1.29, 1.82) is 0 Å². The summed E-state index contributed by atoms with van der Waals surface area (Å²) in [4.78, 5) is 0.128. The Bertz CT molecular complexity index is 534. The predicted molar refractivity (Wildman–Crippen MR) is 83.4 cm³/mol. The molecule has 0 aliphatic carbocycles. The van der Waals surface area contributed by atoms with Crippen LogP contribution in [0.25, 0.3) is 0 Å². The SMILES string of the molecule is CCCC(CN)NS(=O)(=O)c1cc(Br)ccc1OCC. The molecule has 1 unspecified atom stereocenters. The van der Waals surface area contributed by atoms with Crippen molar-refractivity contribution in [3.05, 3.63) is 22.7 Å². The number of hydrogen-bond donors (Lipinski definition) is 2. The quantitative estimate of drug-likeness (QED) is 0.740. The van der Waals surface area contributed by atoms with Crippen molar-refractivity contribution >= 4 is 26.0 Å². The van der Waals surface area contributed by atoms with Crippen LogP contribution in [0.5, 0.6) is 5.75 Å². The summed E-state index contributed by atoms with van der Waals surface area (Å²) in [6, 6.07) is 4.65. The van der Waals surface area contributed by atoms with Crippen molar-refractivity contribution in [3.8, 4) is 5.75 Å². The second-order valence-corrected chi connectivity index (χ2v) is 6.96. The summed E-state index contributed by atoms with van der Waals surface area (Å²) in [5.41, 5.74) is 5.60. The summed E-state index contributed by atoms with van der Waals surface area (Å²) in [6.45, 7) is 4.47. The summed E-state index contributed by atoms with van der Waals surface area (Å²) in [5, 5.41) is 0. The van der Waals surface area contributed by atoms with Gasteiger partial charge in [0.15, 0.2) is 0 Å². The number of benzene rings is 1. The van der Waals surface area contributed by atoms with Gasteiger partial charge in [-0.2, -0.15) is 0 Å². The summed E-state index contributed by atoms with van der Waals surface area (Å²) < 4.78 is 33.6. The zero-order chi connectivity index (χ0) is 15.2. The lowest BCUT2D eigenvalue weighted by Gasteiger charge is -2.18. The molecule has 0 heterocycles. The maximum atomic E-state index is 12.5. The Hall–Kier alpha value is -0.630. The number of halogens is 1. The second kappa shape index (κ2) is 7.97. The van der Waals surface area contributed by atoms with E-state index in [4.69, 9.17) is 10.5 Å². The van der Waals surface area contributed by atoms with Crippen LogP contribution >= 0.6 is 15.9 Å². The third-order valence-corrected chi connectivity index (χ3v) is 4.77. The van der Waals surface area contributed by atoms with E-state index in [-0.39, 0.29) is 17.5 Å². The van der Waals surface area contributed by atoms with Crippen LogP contribution in [0.4, 0.5) is 0 Å². The van der Waals surface area contributed by atoms with Gasteiger partial charge in [-0.25, -0.2) is 13.1 Å². The Labute approximate surface area is 129 Å². The van der Waals surface area contributed by atoms with Crippen LogP contribution in [0.2, 0.25) is 0 Å². The van der Waals surface area contributed by atoms with E-state index in [0.29, 0.717) is 23.2 Å². The van der Waals surface area contributed by atoms with Gasteiger partial charge in [0, 0.05) is 17.1 Å². The number of hydrogen-bond acceptors (Lipinski definition) is 4.